The van der Waals surface area contributed by atoms with Crippen LogP contribution in [0.15, 0.2) is 0 Å². The topological polar surface area (TPSA) is 29.5 Å². The molecule has 1 saturated heterocycles. The zero-order chi connectivity index (χ0) is 16.5. The van der Waals surface area contributed by atoms with Gasteiger partial charge in [-0.05, 0) is 112 Å². The van der Waals surface area contributed by atoms with Gasteiger partial charge in [-0.15, -0.1) is 0 Å². The van der Waals surface area contributed by atoms with Crippen molar-refractivity contribution >= 4 is 0 Å². The van der Waals surface area contributed by atoms with E-state index in [0.717, 1.165) is 55.0 Å². The standard InChI is InChI=1S/C22H36O2/c1-21-10-9-17-16-6-4-15(23)13-14(16)3-5-18(17)19(21)7-8-20(21)22(2)11-12-24-22/h14-20,23H,3-13H2,1-2H3/t14-,15+,16-,17+,18+,19-,20-,21-,22?/m0/s1. The van der Waals surface area contributed by atoms with Gasteiger partial charge in [0.1, 0.15) is 0 Å². The smallest absolute Gasteiger partial charge is 0.0709 e. The van der Waals surface area contributed by atoms with Crippen LogP contribution in [0.2, 0.25) is 0 Å². The first-order valence-electron chi connectivity index (χ1n) is 10.8. The van der Waals surface area contributed by atoms with Crippen LogP contribution >= 0.6 is 0 Å². The van der Waals surface area contributed by atoms with E-state index >= 15 is 0 Å². The lowest BCUT2D eigenvalue weighted by Gasteiger charge is -2.58. The molecule has 0 aromatic heterocycles. The number of fused-ring (bicyclic) bond motifs is 5. The molecule has 4 aliphatic carbocycles. The van der Waals surface area contributed by atoms with Gasteiger partial charge in [0.2, 0.25) is 0 Å². The van der Waals surface area contributed by atoms with E-state index in [0.29, 0.717) is 5.41 Å². The van der Waals surface area contributed by atoms with Gasteiger partial charge in [-0.25, -0.2) is 0 Å². The van der Waals surface area contributed by atoms with Crippen LogP contribution in [-0.2, 0) is 4.74 Å². The van der Waals surface area contributed by atoms with Crippen LogP contribution < -0.4 is 0 Å². The molecule has 1 heterocycles. The number of rotatable bonds is 1. The Hall–Kier alpha value is -0.0800. The molecule has 0 amide bonds. The van der Waals surface area contributed by atoms with Gasteiger partial charge in [0.05, 0.1) is 18.3 Å². The molecule has 136 valence electrons. The maximum absolute atomic E-state index is 10.1. The van der Waals surface area contributed by atoms with E-state index in [2.05, 4.69) is 13.8 Å². The summed E-state index contributed by atoms with van der Waals surface area (Å²) in [7, 11) is 0. The van der Waals surface area contributed by atoms with E-state index < -0.39 is 0 Å². The van der Waals surface area contributed by atoms with Gasteiger partial charge in [-0.1, -0.05) is 6.92 Å². The third kappa shape index (κ3) is 2.14. The quantitative estimate of drug-likeness (QED) is 0.748. The third-order valence-corrected chi connectivity index (χ3v) is 9.69. The Morgan fingerprint density at radius 3 is 2.38 bits per heavy atom. The fourth-order valence-corrected chi connectivity index (χ4v) is 8.53. The molecule has 4 saturated carbocycles. The Kier molecular flexibility index (Phi) is 3.67. The lowest BCUT2D eigenvalue weighted by molar-refractivity contribution is -0.201. The Balaban J connectivity index is 1.38. The molecular weight excluding hydrogens is 296 g/mol. The van der Waals surface area contributed by atoms with E-state index in [4.69, 9.17) is 4.74 Å². The minimum absolute atomic E-state index is 0.00299. The molecule has 0 aromatic rings. The highest BCUT2D eigenvalue weighted by atomic mass is 16.5. The second-order valence-electron chi connectivity index (χ2n) is 10.5. The minimum Gasteiger partial charge on any atom is -0.393 e. The summed E-state index contributed by atoms with van der Waals surface area (Å²) in [5.74, 6) is 5.48. The van der Waals surface area contributed by atoms with Crippen molar-refractivity contribution in [1.82, 2.24) is 0 Å². The number of aliphatic hydroxyl groups excluding tert-OH is 1. The summed E-state index contributed by atoms with van der Waals surface area (Å²) in [5, 5.41) is 10.1. The largest absolute Gasteiger partial charge is 0.393 e. The van der Waals surface area contributed by atoms with Crippen molar-refractivity contribution in [3.05, 3.63) is 0 Å². The first-order chi connectivity index (χ1) is 11.5. The molecule has 0 radical (unpaired) electrons. The fourth-order valence-electron chi connectivity index (χ4n) is 8.53. The monoisotopic (exact) mass is 332 g/mol. The van der Waals surface area contributed by atoms with Crippen LogP contribution in [0.1, 0.15) is 78.1 Å². The molecule has 1 N–H and O–H groups in total. The molecular formula is C22H36O2. The Bertz CT molecular complexity index is 498. The van der Waals surface area contributed by atoms with Crippen LogP contribution in [0.25, 0.3) is 0 Å². The van der Waals surface area contributed by atoms with Crippen molar-refractivity contribution in [2.24, 2.45) is 40.9 Å². The van der Waals surface area contributed by atoms with Gasteiger partial charge >= 0.3 is 0 Å². The second-order valence-corrected chi connectivity index (χ2v) is 10.5. The predicted molar refractivity (Wildman–Crippen MR) is 95.6 cm³/mol. The fraction of sp³-hybridized carbons (Fsp3) is 1.00. The van der Waals surface area contributed by atoms with Crippen LogP contribution in [0.4, 0.5) is 0 Å². The van der Waals surface area contributed by atoms with E-state index in [-0.39, 0.29) is 11.7 Å². The molecule has 5 aliphatic rings. The first kappa shape index (κ1) is 16.1. The summed E-state index contributed by atoms with van der Waals surface area (Å²) in [5.41, 5.74) is 0.736. The van der Waals surface area contributed by atoms with Gasteiger partial charge in [0.15, 0.2) is 0 Å². The molecule has 5 rings (SSSR count). The molecule has 1 unspecified atom stereocenters. The van der Waals surface area contributed by atoms with Crippen LogP contribution in [0.5, 0.6) is 0 Å². The van der Waals surface area contributed by atoms with Crippen LogP contribution in [0, 0.1) is 40.9 Å². The molecule has 9 atom stereocenters. The van der Waals surface area contributed by atoms with Crippen LogP contribution in [0.3, 0.4) is 0 Å². The third-order valence-electron chi connectivity index (χ3n) is 9.69. The zero-order valence-corrected chi connectivity index (χ0v) is 15.7. The summed E-state index contributed by atoms with van der Waals surface area (Å²) in [4.78, 5) is 0. The molecule has 5 fully saturated rings. The summed E-state index contributed by atoms with van der Waals surface area (Å²) < 4.78 is 6.12. The van der Waals surface area contributed by atoms with Gasteiger partial charge in [0, 0.05) is 0 Å². The normalized spacial score (nSPS) is 59.9. The zero-order valence-electron chi connectivity index (χ0n) is 15.7. The highest BCUT2D eigenvalue weighted by molar-refractivity contribution is 5.10. The van der Waals surface area contributed by atoms with Gasteiger partial charge in [0.25, 0.3) is 0 Å². The summed E-state index contributed by atoms with van der Waals surface area (Å²) >= 11 is 0. The summed E-state index contributed by atoms with van der Waals surface area (Å²) in [6, 6.07) is 0. The Morgan fingerprint density at radius 1 is 0.833 bits per heavy atom. The number of aliphatic hydroxyl groups is 1. The van der Waals surface area contributed by atoms with E-state index in [1.807, 2.05) is 0 Å². The van der Waals surface area contributed by atoms with Gasteiger partial charge < -0.3 is 9.84 Å². The van der Waals surface area contributed by atoms with Crippen molar-refractivity contribution in [3.63, 3.8) is 0 Å². The summed E-state index contributed by atoms with van der Waals surface area (Å²) in [6.45, 7) is 6.03. The highest BCUT2D eigenvalue weighted by Gasteiger charge is 2.61. The number of hydrogen-bond donors (Lipinski definition) is 1. The number of ether oxygens (including phenoxy) is 1. The molecule has 2 heteroatoms. The Labute approximate surface area is 147 Å². The maximum Gasteiger partial charge on any atom is 0.0709 e. The van der Waals surface area contributed by atoms with Crippen molar-refractivity contribution in [2.75, 3.05) is 6.61 Å². The second kappa shape index (κ2) is 5.46. The molecule has 24 heavy (non-hydrogen) atoms. The van der Waals surface area contributed by atoms with E-state index in [1.54, 1.807) is 0 Å². The average molecular weight is 333 g/mol. The minimum atomic E-state index is 0.00299. The molecule has 0 bridgehead atoms. The predicted octanol–water partition coefficient (Wildman–Crippen LogP) is 4.80. The first-order valence-corrected chi connectivity index (χ1v) is 10.8. The number of hydrogen-bond acceptors (Lipinski definition) is 2. The highest BCUT2D eigenvalue weighted by Crippen LogP contribution is 2.67. The molecule has 0 aromatic carbocycles. The van der Waals surface area contributed by atoms with Crippen molar-refractivity contribution in [2.45, 2.75) is 89.8 Å². The summed E-state index contributed by atoms with van der Waals surface area (Å²) in [6.07, 6.45) is 13.4. The van der Waals surface area contributed by atoms with E-state index in [1.165, 1.54) is 51.4 Å². The van der Waals surface area contributed by atoms with Crippen molar-refractivity contribution in [3.8, 4) is 0 Å². The van der Waals surface area contributed by atoms with Crippen LogP contribution in [-0.4, -0.2) is 23.4 Å². The molecule has 1 aliphatic heterocycles. The lowest BCUT2D eigenvalue weighted by atomic mass is 9.48. The van der Waals surface area contributed by atoms with Crippen molar-refractivity contribution < 1.29 is 9.84 Å². The SMILES string of the molecule is CC1([C@H]2CC[C@H]3[C@@H]4CC[C@H]5C[C@H](O)CC[C@@H]5[C@H]4CC[C@]23C)CCO1. The van der Waals surface area contributed by atoms with Gasteiger partial charge in [-0.3, -0.25) is 0 Å². The van der Waals surface area contributed by atoms with Crippen molar-refractivity contribution in [1.29, 1.82) is 0 Å². The van der Waals surface area contributed by atoms with Gasteiger partial charge in [-0.2, -0.15) is 0 Å². The van der Waals surface area contributed by atoms with E-state index in [9.17, 15) is 5.11 Å². The molecule has 2 nitrogen and oxygen atoms in total. The maximum atomic E-state index is 10.1. The Morgan fingerprint density at radius 2 is 1.62 bits per heavy atom. The molecule has 0 spiro atoms. The average Bonchev–Trinajstić information content (AvgIpc) is 2.89. The lowest BCUT2D eigenvalue weighted by Crippen LogP contribution is -2.55.